The Morgan fingerprint density at radius 3 is 2.55 bits per heavy atom. The van der Waals surface area contributed by atoms with Gasteiger partial charge in [0.2, 0.25) is 0 Å². The fraction of sp³-hybridized carbons (Fsp3) is 0.733. The van der Waals surface area contributed by atoms with E-state index in [-0.39, 0.29) is 0 Å². The molecule has 112 valence electrons. The average molecular weight is 278 g/mol. The maximum absolute atomic E-state index is 5.09. The van der Waals surface area contributed by atoms with Gasteiger partial charge in [0.25, 0.3) is 0 Å². The Balaban J connectivity index is 2.03. The lowest BCUT2D eigenvalue weighted by Gasteiger charge is -2.41. The lowest BCUT2D eigenvalue weighted by Crippen LogP contribution is -2.49. The third-order valence-electron chi connectivity index (χ3n) is 4.21. The highest BCUT2D eigenvalue weighted by atomic mass is 16.5. The van der Waals surface area contributed by atoms with E-state index in [1.807, 2.05) is 6.07 Å². The first kappa shape index (κ1) is 15.2. The van der Waals surface area contributed by atoms with Gasteiger partial charge in [0, 0.05) is 24.8 Å². The zero-order valence-corrected chi connectivity index (χ0v) is 13.0. The summed E-state index contributed by atoms with van der Waals surface area (Å²) in [4.78, 5) is 13.3. The van der Waals surface area contributed by atoms with Crippen molar-refractivity contribution in [1.29, 1.82) is 0 Å². The standard InChI is InChI=1S/C15H26N4O/c1-18(2)13-7-5-6-8-14(13)19(3)11-12-9-10-16-15(17-12)20-4/h9-10,13-14H,5-8,11H2,1-4H3. The first-order valence-electron chi connectivity index (χ1n) is 7.34. The molecule has 1 aromatic rings. The molecule has 1 aliphatic rings. The summed E-state index contributed by atoms with van der Waals surface area (Å²) in [7, 11) is 8.17. The molecule has 0 aromatic carbocycles. The van der Waals surface area contributed by atoms with Crippen LogP contribution in [0.5, 0.6) is 6.01 Å². The van der Waals surface area contributed by atoms with Crippen LogP contribution >= 0.6 is 0 Å². The van der Waals surface area contributed by atoms with Crippen molar-refractivity contribution in [2.75, 3.05) is 28.3 Å². The summed E-state index contributed by atoms with van der Waals surface area (Å²) >= 11 is 0. The normalized spacial score (nSPS) is 23.3. The molecule has 2 rings (SSSR count). The molecule has 0 spiro atoms. The summed E-state index contributed by atoms with van der Waals surface area (Å²) in [6, 6.07) is 3.65. The summed E-state index contributed by atoms with van der Waals surface area (Å²) in [5.41, 5.74) is 1.02. The molecule has 1 aromatic heterocycles. The van der Waals surface area contributed by atoms with Crippen LogP contribution in [0, 0.1) is 0 Å². The van der Waals surface area contributed by atoms with Crippen molar-refractivity contribution in [2.45, 2.75) is 44.3 Å². The lowest BCUT2D eigenvalue weighted by atomic mass is 9.88. The number of aromatic nitrogens is 2. The molecule has 1 aliphatic carbocycles. The molecule has 5 heteroatoms. The lowest BCUT2D eigenvalue weighted by molar-refractivity contribution is 0.0867. The third-order valence-corrected chi connectivity index (χ3v) is 4.21. The van der Waals surface area contributed by atoms with Crippen molar-refractivity contribution < 1.29 is 4.74 Å². The first-order chi connectivity index (χ1) is 9.61. The summed E-state index contributed by atoms with van der Waals surface area (Å²) in [6.07, 6.45) is 6.98. The number of methoxy groups -OCH3 is 1. The van der Waals surface area contributed by atoms with Crippen LogP contribution in [0.25, 0.3) is 0 Å². The van der Waals surface area contributed by atoms with Crippen LogP contribution in [0.3, 0.4) is 0 Å². The molecule has 1 heterocycles. The van der Waals surface area contributed by atoms with Gasteiger partial charge in [-0.2, -0.15) is 4.98 Å². The van der Waals surface area contributed by atoms with E-state index in [0.29, 0.717) is 18.1 Å². The highest BCUT2D eigenvalue weighted by molar-refractivity contribution is 5.06. The molecule has 0 radical (unpaired) electrons. The summed E-state index contributed by atoms with van der Waals surface area (Å²) in [5, 5.41) is 0. The molecule has 20 heavy (non-hydrogen) atoms. The van der Waals surface area contributed by atoms with Crippen LogP contribution in [-0.2, 0) is 6.54 Å². The van der Waals surface area contributed by atoms with Gasteiger partial charge >= 0.3 is 6.01 Å². The van der Waals surface area contributed by atoms with E-state index < -0.39 is 0 Å². The topological polar surface area (TPSA) is 41.5 Å². The van der Waals surface area contributed by atoms with Gasteiger partial charge < -0.3 is 9.64 Å². The van der Waals surface area contributed by atoms with Crippen LogP contribution in [0.1, 0.15) is 31.4 Å². The molecule has 0 aliphatic heterocycles. The number of hydrogen-bond acceptors (Lipinski definition) is 5. The molecule has 0 amide bonds. The minimum Gasteiger partial charge on any atom is -0.467 e. The van der Waals surface area contributed by atoms with Gasteiger partial charge in [0.05, 0.1) is 12.8 Å². The van der Waals surface area contributed by atoms with Crippen LogP contribution in [0.2, 0.25) is 0 Å². The smallest absolute Gasteiger partial charge is 0.316 e. The Bertz CT molecular complexity index is 424. The Hall–Kier alpha value is -1.20. The predicted molar refractivity (Wildman–Crippen MR) is 79.8 cm³/mol. The second kappa shape index (κ2) is 6.99. The van der Waals surface area contributed by atoms with Crippen molar-refractivity contribution in [3.05, 3.63) is 18.0 Å². The van der Waals surface area contributed by atoms with Gasteiger partial charge in [-0.05, 0) is 40.1 Å². The zero-order chi connectivity index (χ0) is 14.5. The molecule has 0 bridgehead atoms. The van der Waals surface area contributed by atoms with Gasteiger partial charge in [-0.15, -0.1) is 0 Å². The maximum atomic E-state index is 5.09. The van der Waals surface area contributed by atoms with Gasteiger partial charge in [-0.3, -0.25) is 4.90 Å². The molecule has 0 saturated heterocycles. The zero-order valence-electron chi connectivity index (χ0n) is 13.0. The highest BCUT2D eigenvalue weighted by Crippen LogP contribution is 2.26. The molecule has 5 nitrogen and oxygen atoms in total. The second-order valence-corrected chi connectivity index (χ2v) is 5.83. The minimum atomic E-state index is 0.448. The van der Waals surface area contributed by atoms with E-state index >= 15 is 0 Å². The van der Waals surface area contributed by atoms with Crippen molar-refractivity contribution in [3.63, 3.8) is 0 Å². The number of nitrogens with zero attached hydrogens (tertiary/aromatic N) is 4. The highest BCUT2D eigenvalue weighted by Gasteiger charge is 2.29. The van der Waals surface area contributed by atoms with Crippen LogP contribution in [0.15, 0.2) is 12.3 Å². The SMILES string of the molecule is COc1nccc(CN(C)C2CCCCC2N(C)C)n1. The molecule has 2 unspecified atom stereocenters. The molecular weight excluding hydrogens is 252 g/mol. The third kappa shape index (κ3) is 3.67. The fourth-order valence-electron chi connectivity index (χ4n) is 3.14. The molecular formula is C15H26N4O. The summed E-state index contributed by atoms with van der Waals surface area (Å²) < 4.78 is 5.09. The van der Waals surface area contributed by atoms with Gasteiger partial charge in [-0.1, -0.05) is 12.8 Å². The number of likely N-dealkylation sites (N-methyl/N-ethyl adjacent to an activating group) is 2. The van der Waals surface area contributed by atoms with Crippen LogP contribution in [-0.4, -0.2) is 60.1 Å². The first-order valence-corrected chi connectivity index (χ1v) is 7.34. The van der Waals surface area contributed by atoms with E-state index in [4.69, 9.17) is 4.74 Å². The average Bonchev–Trinajstić information content (AvgIpc) is 2.47. The van der Waals surface area contributed by atoms with Crippen molar-refractivity contribution in [1.82, 2.24) is 19.8 Å². The van der Waals surface area contributed by atoms with E-state index in [1.165, 1.54) is 25.7 Å². The van der Waals surface area contributed by atoms with Crippen LogP contribution < -0.4 is 4.74 Å². The summed E-state index contributed by atoms with van der Waals surface area (Å²) in [6.45, 7) is 0.841. The van der Waals surface area contributed by atoms with Gasteiger partial charge in [0.1, 0.15) is 0 Å². The number of hydrogen-bond donors (Lipinski definition) is 0. The molecule has 1 saturated carbocycles. The van der Waals surface area contributed by atoms with Crippen molar-refractivity contribution in [2.24, 2.45) is 0 Å². The Morgan fingerprint density at radius 2 is 1.90 bits per heavy atom. The van der Waals surface area contributed by atoms with Gasteiger partial charge in [-0.25, -0.2) is 4.98 Å². The van der Waals surface area contributed by atoms with Crippen molar-refractivity contribution in [3.8, 4) is 6.01 Å². The molecule has 0 N–H and O–H groups in total. The summed E-state index contributed by atoms with van der Waals surface area (Å²) in [5.74, 6) is 0. The van der Waals surface area contributed by atoms with E-state index in [9.17, 15) is 0 Å². The van der Waals surface area contributed by atoms with Gasteiger partial charge in [0.15, 0.2) is 0 Å². The number of ether oxygens (including phenoxy) is 1. The predicted octanol–water partition coefficient (Wildman–Crippen LogP) is 1.79. The monoisotopic (exact) mass is 278 g/mol. The fourth-order valence-corrected chi connectivity index (χ4v) is 3.14. The maximum Gasteiger partial charge on any atom is 0.316 e. The molecule has 1 fully saturated rings. The Labute approximate surface area is 122 Å². The largest absolute Gasteiger partial charge is 0.467 e. The van der Waals surface area contributed by atoms with E-state index in [1.54, 1.807) is 13.3 Å². The quantitative estimate of drug-likeness (QED) is 0.821. The van der Waals surface area contributed by atoms with E-state index in [2.05, 4.69) is 40.9 Å². The minimum absolute atomic E-state index is 0.448. The Kier molecular flexibility index (Phi) is 5.31. The van der Waals surface area contributed by atoms with E-state index in [0.717, 1.165) is 12.2 Å². The Morgan fingerprint density at radius 1 is 1.20 bits per heavy atom. The van der Waals surface area contributed by atoms with Crippen LogP contribution in [0.4, 0.5) is 0 Å². The number of rotatable bonds is 5. The van der Waals surface area contributed by atoms with Crippen molar-refractivity contribution >= 4 is 0 Å². The molecule has 2 atom stereocenters. The second-order valence-electron chi connectivity index (χ2n) is 5.83.